The molecule has 0 saturated carbocycles. The Hall–Kier alpha value is -2.60. The lowest BCUT2D eigenvalue weighted by Crippen LogP contribution is -2.34. The van der Waals surface area contributed by atoms with E-state index in [-0.39, 0.29) is 12.3 Å². The second-order valence-corrected chi connectivity index (χ2v) is 6.57. The van der Waals surface area contributed by atoms with Crippen LogP contribution in [-0.2, 0) is 6.54 Å². The largest absolute Gasteiger partial charge is 0.396 e. The molecule has 0 bridgehead atoms. The maximum Gasteiger partial charge on any atom is 0.319 e. The van der Waals surface area contributed by atoms with Crippen LogP contribution < -0.4 is 15.5 Å². The highest BCUT2D eigenvalue weighted by Gasteiger charge is 2.18. The number of para-hydroxylation sites is 1. The highest BCUT2D eigenvalue weighted by Crippen LogP contribution is 2.23. The Morgan fingerprint density at radius 3 is 2.46 bits per heavy atom. The van der Waals surface area contributed by atoms with Crippen LogP contribution in [0.2, 0.25) is 0 Å². The summed E-state index contributed by atoms with van der Waals surface area (Å²) in [4.78, 5) is 14.2. The maximum absolute atomic E-state index is 13.5. The summed E-state index contributed by atoms with van der Waals surface area (Å²) >= 11 is 0. The van der Waals surface area contributed by atoms with Crippen molar-refractivity contribution in [3.05, 3.63) is 59.9 Å². The van der Waals surface area contributed by atoms with Gasteiger partial charge in [-0.25, -0.2) is 9.18 Å². The summed E-state index contributed by atoms with van der Waals surface area (Å²) in [5, 5.41) is 14.4. The van der Waals surface area contributed by atoms with Crippen molar-refractivity contribution in [2.45, 2.75) is 19.4 Å². The minimum absolute atomic E-state index is 0.159. The van der Waals surface area contributed by atoms with Gasteiger partial charge >= 0.3 is 6.03 Å². The molecule has 5 nitrogen and oxygen atoms in total. The van der Waals surface area contributed by atoms with Gasteiger partial charge in [-0.15, -0.1) is 0 Å². The van der Waals surface area contributed by atoms with Crippen LogP contribution in [0.1, 0.15) is 18.4 Å². The van der Waals surface area contributed by atoms with Gasteiger partial charge < -0.3 is 20.6 Å². The van der Waals surface area contributed by atoms with Gasteiger partial charge in [0.15, 0.2) is 0 Å². The SMILES string of the molecule is O=C(NCc1ccc(N2CCC(CO)CC2)cc1)Nc1ccccc1F. The molecule has 2 aromatic carbocycles. The van der Waals surface area contributed by atoms with E-state index in [1.807, 2.05) is 24.3 Å². The molecule has 26 heavy (non-hydrogen) atoms. The van der Waals surface area contributed by atoms with E-state index in [9.17, 15) is 14.3 Å². The summed E-state index contributed by atoms with van der Waals surface area (Å²) in [5.41, 5.74) is 2.29. The summed E-state index contributed by atoms with van der Waals surface area (Å²) in [6.45, 7) is 2.54. The second kappa shape index (κ2) is 8.67. The fourth-order valence-corrected chi connectivity index (χ4v) is 3.11. The average molecular weight is 357 g/mol. The Morgan fingerprint density at radius 1 is 1.12 bits per heavy atom. The number of urea groups is 1. The second-order valence-electron chi connectivity index (χ2n) is 6.57. The van der Waals surface area contributed by atoms with Crippen LogP contribution in [0.5, 0.6) is 0 Å². The highest BCUT2D eigenvalue weighted by molar-refractivity contribution is 5.89. The normalized spacial score (nSPS) is 14.9. The fourth-order valence-electron chi connectivity index (χ4n) is 3.11. The van der Waals surface area contributed by atoms with Crippen LogP contribution in [0.3, 0.4) is 0 Å². The molecule has 1 aliphatic heterocycles. The lowest BCUT2D eigenvalue weighted by atomic mass is 9.97. The molecule has 3 N–H and O–H groups in total. The minimum atomic E-state index is -0.461. The number of piperidine rings is 1. The maximum atomic E-state index is 13.5. The van der Waals surface area contributed by atoms with Crippen LogP contribution in [0.15, 0.2) is 48.5 Å². The van der Waals surface area contributed by atoms with Crippen molar-refractivity contribution in [1.82, 2.24) is 5.32 Å². The lowest BCUT2D eigenvalue weighted by molar-refractivity contribution is 0.203. The van der Waals surface area contributed by atoms with Gasteiger partial charge in [-0.2, -0.15) is 0 Å². The van der Waals surface area contributed by atoms with E-state index in [2.05, 4.69) is 15.5 Å². The first kappa shape index (κ1) is 18.2. The van der Waals surface area contributed by atoms with Gasteiger partial charge in [0.25, 0.3) is 0 Å². The number of hydrogen-bond acceptors (Lipinski definition) is 3. The third kappa shape index (κ3) is 4.73. The summed E-state index contributed by atoms with van der Waals surface area (Å²) < 4.78 is 13.5. The first-order valence-electron chi connectivity index (χ1n) is 8.90. The third-order valence-electron chi connectivity index (χ3n) is 4.75. The zero-order valence-electron chi connectivity index (χ0n) is 14.6. The predicted molar refractivity (Wildman–Crippen MR) is 101 cm³/mol. The molecule has 0 radical (unpaired) electrons. The van der Waals surface area contributed by atoms with Crippen molar-refractivity contribution >= 4 is 17.4 Å². The zero-order valence-corrected chi connectivity index (χ0v) is 14.6. The van der Waals surface area contributed by atoms with E-state index in [1.54, 1.807) is 12.1 Å². The molecule has 1 saturated heterocycles. The Labute approximate surface area is 152 Å². The third-order valence-corrected chi connectivity index (χ3v) is 4.75. The molecule has 0 aromatic heterocycles. The molecule has 2 aromatic rings. The number of nitrogens with one attached hydrogen (secondary N) is 2. The summed E-state index contributed by atoms with van der Waals surface area (Å²) in [6, 6.07) is 13.7. The molecule has 0 atom stereocenters. The van der Waals surface area contributed by atoms with E-state index < -0.39 is 11.8 Å². The number of halogens is 1. The van der Waals surface area contributed by atoms with Crippen LogP contribution >= 0.6 is 0 Å². The van der Waals surface area contributed by atoms with Crippen molar-refractivity contribution in [3.63, 3.8) is 0 Å². The van der Waals surface area contributed by atoms with Crippen LogP contribution in [0.4, 0.5) is 20.6 Å². The van der Waals surface area contributed by atoms with Crippen molar-refractivity contribution in [2.75, 3.05) is 29.9 Å². The number of carbonyl (C=O) groups excluding carboxylic acids is 1. The molecule has 0 spiro atoms. The average Bonchev–Trinajstić information content (AvgIpc) is 2.69. The molecule has 2 amide bonds. The number of aliphatic hydroxyl groups excluding tert-OH is 1. The fraction of sp³-hybridized carbons (Fsp3) is 0.350. The van der Waals surface area contributed by atoms with E-state index in [1.165, 1.54) is 12.1 Å². The first-order chi connectivity index (χ1) is 12.7. The Balaban J connectivity index is 1.48. The standard InChI is InChI=1S/C20H24FN3O2/c21-18-3-1-2-4-19(18)23-20(26)22-13-15-5-7-17(8-6-15)24-11-9-16(14-25)10-12-24/h1-8,16,25H,9-14H2,(H2,22,23,26). The predicted octanol–water partition coefficient (Wildman–Crippen LogP) is 3.36. The number of hydrogen-bond donors (Lipinski definition) is 3. The zero-order chi connectivity index (χ0) is 18.4. The number of carbonyl (C=O) groups is 1. The van der Waals surface area contributed by atoms with Crippen molar-refractivity contribution in [3.8, 4) is 0 Å². The van der Waals surface area contributed by atoms with Crippen LogP contribution in [-0.4, -0.2) is 30.8 Å². The summed E-state index contributed by atoms with van der Waals surface area (Å²) in [7, 11) is 0. The molecule has 1 heterocycles. The van der Waals surface area contributed by atoms with Gasteiger partial charge in [0, 0.05) is 31.9 Å². The van der Waals surface area contributed by atoms with E-state index in [4.69, 9.17) is 0 Å². The molecule has 138 valence electrons. The monoisotopic (exact) mass is 357 g/mol. The van der Waals surface area contributed by atoms with Gasteiger partial charge in [-0.1, -0.05) is 24.3 Å². The van der Waals surface area contributed by atoms with Crippen LogP contribution in [0, 0.1) is 11.7 Å². The van der Waals surface area contributed by atoms with E-state index in [0.29, 0.717) is 12.5 Å². The van der Waals surface area contributed by atoms with Crippen molar-refractivity contribution in [1.29, 1.82) is 0 Å². The Kier molecular flexibility index (Phi) is 6.07. The van der Waals surface area contributed by atoms with Gasteiger partial charge in [0.05, 0.1) is 5.69 Å². The van der Waals surface area contributed by atoms with Crippen LogP contribution in [0.25, 0.3) is 0 Å². The van der Waals surface area contributed by atoms with E-state index >= 15 is 0 Å². The molecule has 1 aliphatic rings. The molecule has 1 fully saturated rings. The van der Waals surface area contributed by atoms with E-state index in [0.717, 1.165) is 37.2 Å². The van der Waals surface area contributed by atoms with Gasteiger partial charge in [-0.3, -0.25) is 0 Å². The number of benzene rings is 2. The van der Waals surface area contributed by atoms with Gasteiger partial charge in [0.2, 0.25) is 0 Å². The first-order valence-corrected chi connectivity index (χ1v) is 8.90. The van der Waals surface area contributed by atoms with Gasteiger partial charge in [-0.05, 0) is 48.6 Å². The Morgan fingerprint density at radius 2 is 1.81 bits per heavy atom. The van der Waals surface area contributed by atoms with Gasteiger partial charge in [0.1, 0.15) is 5.82 Å². The molecular weight excluding hydrogens is 333 g/mol. The topological polar surface area (TPSA) is 64.6 Å². The molecule has 3 rings (SSSR count). The molecule has 0 aliphatic carbocycles. The summed E-state index contributed by atoms with van der Waals surface area (Å²) in [6.07, 6.45) is 2.02. The molecule has 6 heteroatoms. The number of amides is 2. The number of nitrogens with zero attached hydrogens (tertiary/aromatic N) is 1. The molecular formula is C20H24FN3O2. The molecule has 0 unspecified atom stereocenters. The number of anilines is 2. The number of aliphatic hydroxyl groups is 1. The Bertz CT molecular complexity index is 728. The highest BCUT2D eigenvalue weighted by atomic mass is 19.1. The van der Waals surface area contributed by atoms with Crippen molar-refractivity contribution in [2.24, 2.45) is 5.92 Å². The quantitative estimate of drug-likeness (QED) is 0.769. The lowest BCUT2D eigenvalue weighted by Gasteiger charge is -2.33. The smallest absolute Gasteiger partial charge is 0.319 e. The minimum Gasteiger partial charge on any atom is -0.396 e. The number of rotatable bonds is 5. The van der Waals surface area contributed by atoms with Crippen molar-refractivity contribution < 1.29 is 14.3 Å². The summed E-state index contributed by atoms with van der Waals surface area (Å²) in [5.74, 6) is -0.0420.